The summed E-state index contributed by atoms with van der Waals surface area (Å²) < 4.78 is 30.5. The molecular formula is C22H26F2N2O4. The maximum Gasteiger partial charge on any atom is 0.303 e. The number of carbonyl (C=O) groups is 3. The van der Waals surface area contributed by atoms with Crippen molar-refractivity contribution in [2.24, 2.45) is 5.92 Å². The third-order valence-electron chi connectivity index (χ3n) is 6.49. The maximum absolute atomic E-state index is 15.3. The number of carboxylic acids is 1. The standard InChI is InChI=1S/C22H26F2N2O4/c1-11(8-16(27)28)10-25-7-6-15(20(25)29)26-19-14(23)9-13(12-4-5-12)18(24)17(19)22(2,3)21(26)30/h9,11-12,15H,4-8,10H2,1-3H3,(H,27,28)/t11-,15+/m0/s1. The molecular weight excluding hydrogens is 394 g/mol. The number of likely N-dealkylation sites (tertiary alicyclic amines) is 1. The fourth-order valence-electron chi connectivity index (χ4n) is 4.82. The minimum Gasteiger partial charge on any atom is -0.481 e. The molecule has 162 valence electrons. The molecule has 3 aliphatic rings. The first-order valence-corrected chi connectivity index (χ1v) is 10.4. The molecule has 30 heavy (non-hydrogen) atoms. The molecule has 1 saturated carbocycles. The number of carboxylic acid groups (broad SMARTS) is 1. The lowest BCUT2D eigenvalue weighted by Crippen LogP contribution is -2.47. The van der Waals surface area contributed by atoms with Gasteiger partial charge in [0.1, 0.15) is 17.7 Å². The second kappa shape index (κ2) is 7.03. The average Bonchev–Trinajstić information content (AvgIpc) is 3.39. The third-order valence-corrected chi connectivity index (χ3v) is 6.49. The van der Waals surface area contributed by atoms with Crippen LogP contribution in [0.5, 0.6) is 0 Å². The topological polar surface area (TPSA) is 77.9 Å². The van der Waals surface area contributed by atoms with Gasteiger partial charge >= 0.3 is 5.97 Å². The van der Waals surface area contributed by atoms with Crippen LogP contribution in [0.1, 0.15) is 63.5 Å². The third kappa shape index (κ3) is 3.17. The molecule has 2 fully saturated rings. The molecule has 8 heteroatoms. The number of hydrogen-bond donors (Lipinski definition) is 1. The number of halogens is 2. The summed E-state index contributed by atoms with van der Waals surface area (Å²) in [4.78, 5) is 39.8. The van der Waals surface area contributed by atoms with Crippen LogP contribution in [0.15, 0.2) is 6.07 Å². The molecule has 1 aromatic rings. The zero-order valence-corrected chi connectivity index (χ0v) is 17.4. The van der Waals surface area contributed by atoms with Crippen LogP contribution < -0.4 is 4.90 Å². The number of aliphatic carboxylic acids is 1. The van der Waals surface area contributed by atoms with Gasteiger partial charge in [-0.3, -0.25) is 19.3 Å². The average molecular weight is 420 g/mol. The van der Waals surface area contributed by atoms with Gasteiger partial charge in [-0.1, -0.05) is 6.92 Å². The van der Waals surface area contributed by atoms with Gasteiger partial charge in [0.25, 0.3) is 0 Å². The first-order valence-electron chi connectivity index (χ1n) is 10.4. The molecule has 0 radical (unpaired) electrons. The molecule has 2 heterocycles. The Labute approximate surface area is 173 Å². The number of anilines is 1. The van der Waals surface area contributed by atoms with Crippen LogP contribution in [0.4, 0.5) is 14.5 Å². The molecule has 0 spiro atoms. The summed E-state index contributed by atoms with van der Waals surface area (Å²) in [7, 11) is 0. The van der Waals surface area contributed by atoms with Crippen molar-refractivity contribution in [1.29, 1.82) is 0 Å². The van der Waals surface area contributed by atoms with Gasteiger partial charge in [-0.2, -0.15) is 0 Å². The van der Waals surface area contributed by atoms with Gasteiger partial charge in [-0.15, -0.1) is 0 Å². The lowest BCUT2D eigenvalue weighted by molar-refractivity contribution is -0.139. The molecule has 1 aliphatic carbocycles. The van der Waals surface area contributed by atoms with Crippen molar-refractivity contribution in [2.75, 3.05) is 18.0 Å². The second-order valence-electron chi connectivity index (χ2n) is 9.35. The number of amides is 2. The fourth-order valence-corrected chi connectivity index (χ4v) is 4.82. The number of fused-ring (bicyclic) bond motifs is 1. The minimum atomic E-state index is -1.27. The van der Waals surface area contributed by atoms with E-state index in [4.69, 9.17) is 5.11 Å². The summed E-state index contributed by atoms with van der Waals surface area (Å²) in [5.74, 6) is -3.25. The van der Waals surface area contributed by atoms with Crippen molar-refractivity contribution in [1.82, 2.24) is 4.90 Å². The van der Waals surface area contributed by atoms with Crippen molar-refractivity contribution in [2.45, 2.75) is 63.8 Å². The van der Waals surface area contributed by atoms with Gasteiger partial charge in [0.15, 0.2) is 0 Å². The molecule has 0 bridgehead atoms. The van der Waals surface area contributed by atoms with E-state index in [0.29, 0.717) is 18.5 Å². The highest BCUT2D eigenvalue weighted by Crippen LogP contribution is 2.51. The Morgan fingerprint density at radius 3 is 2.53 bits per heavy atom. The number of benzene rings is 1. The van der Waals surface area contributed by atoms with E-state index in [9.17, 15) is 14.4 Å². The lowest BCUT2D eigenvalue weighted by Gasteiger charge is -2.27. The van der Waals surface area contributed by atoms with Gasteiger partial charge in [0.2, 0.25) is 11.8 Å². The van der Waals surface area contributed by atoms with Crippen LogP contribution in [0.2, 0.25) is 0 Å². The Morgan fingerprint density at radius 2 is 1.93 bits per heavy atom. The smallest absolute Gasteiger partial charge is 0.303 e. The molecule has 0 aromatic heterocycles. The number of carbonyl (C=O) groups excluding carboxylic acids is 2. The van der Waals surface area contributed by atoms with E-state index in [1.54, 1.807) is 20.8 Å². The van der Waals surface area contributed by atoms with Crippen molar-refractivity contribution in [3.8, 4) is 0 Å². The van der Waals surface area contributed by atoms with Crippen LogP contribution in [0.3, 0.4) is 0 Å². The highest BCUT2D eigenvalue weighted by atomic mass is 19.1. The lowest BCUT2D eigenvalue weighted by atomic mass is 9.84. The van der Waals surface area contributed by atoms with Gasteiger partial charge < -0.3 is 10.0 Å². The van der Waals surface area contributed by atoms with Gasteiger partial charge in [-0.25, -0.2) is 8.78 Å². The summed E-state index contributed by atoms with van der Waals surface area (Å²) in [5, 5.41) is 8.94. The predicted octanol–water partition coefficient (Wildman–Crippen LogP) is 3.18. The first-order chi connectivity index (χ1) is 14.0. The molecule has 4 rings (SSSR count). The van der Waals surface area contributed by atoms with E-state index < -0.39 is 35.0 Å². The van der Waals surface area contributed by atoms with Crippen LogP contribution in [-0.4, -0.2) is 46.9 Å². The second-order valence-corrected chi connectivity index (χ2v) is 9.35. The molecule has 2 aliphatic heterocycles. The number of rotatable bonds is 6. The zero-order chi connectivity index (χ0) is 22.0. The molecule has 0 unspecified atom stereocenters. The quantitative estimate of drug-likeness (QED) is 0.767. The van der Waals surface area contributed by atoms with E-state index in [0.717, 1.165) is 17.7 Å². The minimum absolute atomic E-state index is 0.0101. The van der Waals surface area contributed by atoms with Crippen LogP contribution in [0.25, 0.3) is 0 Å². The normalized spacial score (nSPS) is 23.8. The van der Waals surface area contributed by atoms with E-state index in [2.05, 4.69) is 0 Å². The van der Waals surface area contributed by atoms with Crippen LogP contribution in [0, 0.1) is 17.6 Å². The number of hydrogen-bond acceptors (Lipinski definition) is 3. The monoisotopic (exact) mass is 420 g/mol. The van der Waals surface area contributed by atoms with Crippen molar-refractivity contribution < 1.29 is 28.3 Å². The number of nitrogens with zero attached hydrogens (tertiary/aromatic N) is 2. The van der Waals surface area contributed by atoms with Crippen molar-refractivity contribution in [3.05, 3.63) is 28.8 Å². The largest absolute Gasteiger partial charge is 0.481 e. The Morgan fingerprint density at radius 1 is 1.27 bits per heavy atom. The molecule has 1 N–H and O–H groups in total. The molecule has 1 aromatic carbocycles. The van der Waals surface area contributed by atoms with Crippen LogP contribution >= 0.6 is 0 Å². The van der Waals surface area contributed by atoms with E-state index >= 15 is 8.78 Å². The summed E-state index contributed by atoms with van der Waals surface area (Å²) in [5.41, 5.74) is -1.03. The van der Waals surface area contributed by atoms with Crippen molar-refractivity contribution in [3.63, 3.8) is 0 Å². The Kier molecular flexibility index (Phi) is 4.86. The summed E-state index contributed by atoms with van der Waals surface area (Å²) >= 11 is 0. The van der Waals surface area contributed by atoms with E-state index in [-0.39, 0.29) is 42.0 Å². The summed E-state index contributed by atoms with van der Waals surface area (Å²) in [6.07, 6.45) is 1.83. The Bertz CT molecular complexity index is 942. The molecule has 2 amide bonds. The summed E-state index contributed by atoms with van der Waals surface area (Å²) in [6, 6.07) is 0.273. The molecule has 6 nitrogen and oxygen atoms in total. The highest BCUT2D eigenvalue weighted by Gasteiger charge is 2.54. The van der Waals surface area contributed by atoms with Gasteiger partial charge in [-0.05, 0) is 56.6 Å². The van der Waals surface area contributed by atoms with Crippen LogP contribution in [-0.2, 0) is 19.8 Å². The molecule has 1 saturated heterocycles. The van der Waals surface area contributed by atoms with Gasteiger partial charge in [0.05, 0.1) is 11.1 Å². The van der Waals surface area contributed by atoms with Gasteiger partial charge in [0, 0.05) is 25.1 Å². The van der Waals surface area contributed by atoms with E-state index in [1.807, 2.05) is 0 Å². The Balaban J connectivity index is 1.67. The molecule has 2 atom stereocenters. The SMILES string of the molecule is C[C@@H](CC(=O)O)CN1CC[C@@H](N2C(=O)C(C)(C)c3c(F)c(C4CC4)cc(F)c32)C1=O. The highest BCUT2D eigenvalue weighted by molar-refractivity contribution is 6.12. The zero-order valence-electron chi connectivity index (χ0n) is 17.4. The summed E-state index contributed by atoms with van der Waals surface area (Å²) in [6.45, 7) is 5.47. The predicted molar refractivity (Wildman–Crippen MR) is 105 cm³/mol. The van der Waals surface area contributed by atoms with E-state index in [1.165, 1.54) is 11.0 Å². The fraction of sp³-hybridized carbons (Fsp3) is 0.591. The van der Waals surface area contributed by atoms with Crippen molar-refractivity contribution >= 4 is 23.5 Å². The maximum atomic E-state index is 15.3. The Hall–Kier alpha value is -2.51. The first kappa shape index (κ1) is 20.8.